The first-order valence-corrected chi connectivity index (χ1v) is 8.99. The fourth-order valence-corrected chi connectivity index (χ4v) is 3.04. The fourth-order valence-electron chi connectivity index (χ4n) is 3.04. The molecule has 0 atom stereocenters. The van der Waals surface area contributed by atoms with Crippen LogP contribution >= 0.6 is 0 Å². The summed E-state index contributed by atoms with van der Waals surface area (Å²) < 4.78 is 18.0. The van der Waals surface area contributed by atoms with Gasteiger partial charge in [-0.25, -0.2) is 4.98 Å². The van der Waals surface area contributed by atoms with Gasteiger partial charge in [0.05, 0.1) is 27.0 Å². The molecule has 3 rings (SSSR count). The highest BCUT2D eigenvalue weighted by Crippen LogP contribution is 2.38. The molecule has 1 heterocycles. The summed E-state index contributed by atoms with van der Waals surface area (Å²) in [7, 11) is 4.57. The Labute approximate surface area is 164 Å². The van der Waals surface area contributed by atoms with Gasteiger partial charge in [-0.2, -0.15) is 0 Å². The third kappa shape index (κ3) is 3.58. The van der Waals surface area contributed by atoms with E-state index in [9.17, 15) is 4.79 Å². The molecule has 0 saturated heterocycles. The van der Waals surface area contributed by atoms with Crippen molar-refractivity contribution < 1.29 is 19.0 Å². The number of carbonyl (C=O) groups is 1. The van der Waals surface area contributed by atoms with Crippen LogP contribution in [0.3, 0.4) is 0 Å². The number of rotatable bonds is 7. The van der Waals surface area contributed by atoms with Gasteiger partial charge < -0.3 is 18.8 Å². The van der Waals surface area contributed by atoms with Crippen LogP contribution < -0.4 is 14.2 Å². The Balaban J connectivity index is 2.11. The Kier molecular flexibility index (Phi) is 5.68. The molecule has 0 radical (unpaired) electrons. The van der Waals surface area contributed by atoms with Gasteiger partial charge in [0.1, 0.15) is 0 Å². The molecule has 146 valence electrons. The van der Waals surface area contributed by atoms with E-state index in [1.165, 1.54) is 21.3 Å². The van der Waals surface area contributed by atoms with E-state index in [1.54, 1.807) is 12.1 Å². The van der Waals surface area contributed by atoms with Crippen LogP contribution in [0.2, 0.25) is 0 Å². The molecule has 0 N–H and O–H groups in total. The van der Waals surface area contributed by atoms with Crippen molar-refractivity contribution in [2.75, 3.05) is 21.3 Å². The smallest absolute Gasteiger partial charge is 0.228 e. The van der Waals surface area contributed by atoms with E-state index in [0.717, 1.165) is 11.3 Å². The van der Waals surface area contributed by atoms with Crippen LogP contribution in [0.25, 0.3) is 11.3 Å². The van der Waals surface area contributed by atoms with Crippen molar-refractivity contribution in [2.24, 2.45) is 0 Å². The average Bonchev–Trinajstić information content (AvgIpc) is 3.18. The van der Waals surface area contributed by atoms with Crippen LogP contribution in [-0.2, 0) is 0 Å². The Morgan fingerprint density at radius 3 is 2.07 bits per heavy atom. The first kappa shape index (κ1) is 19.5. The predicted molar refractivity (Wildman–Crippen MR) is 108 cm³/mol. The van der Waals surface area contributed by atoms with Gasteiger partial charge in [-0.15, -0.1) is 0 Å². The van der Waals surface area contributed by atoms with E-state index >= 15 is 0 Å². The Hall–Kier alpha value is -3.28. The molecule has 1 aromatic heterocycles. The molecule has 0 spiro atoms. The molecule has 0 fully saturated rings. The van der Waals surface area contributed by atoms with E-state index in [0.29, 0.717) is 28.6 Å². The molecule has 0 bridgehead atoms. The Morgan fingerprint density at radius 2 is 1.57 bits per heavy atom. The molecule has 0 amide bonds. The van der Waals surface area contributed by atoms with Crippen molar-refractivity contribution in [3.63, 3.8) is 0 Å². The van der Waals surface area contributed by atoms with E-state index < -0.39 is 0 Å². The largest absolute Gasteiger partial charge is 0.493 e. The second kappa shape index (κ2) is 8.17. The standard InChI is InChI=1S/C22H24N2O4/c1-14(2)24-13-17(15-9-7-6-8-10-15)23-22(24)20(25)16-11-18(26-3)21(28-5)19(12-16)27-4/h6-14H,1-5H3. The van der Waals surface area contributed by atoms with E-state index in [2.05, 4.69) is 4.98 Å². The lowest BCUT2D eigenvalue weighted by atomic mass is 10.1. The number of ether oxygens (including phenoxy) is 3. The van der Waals surface area contributed by atoms with Crippen molar-refractivity contribution in [3.8, 4) is 28.5 Å². The monoisotopic (exact) mass is 380 g/mol. The molecule has 0 saturated carbocycles. The Morgan fingerprint density at radius 1 is 0.964 bits per heavy atom. The summed E-state index contributed by atoms with van der Waals surface area (Å²) in [5, 5.41) is 0. The third-order valence-corrected chi connectivity index (χ3v) is 4.49. The third-order valence-electron chi connectivity index (χ3n) is 4.49. The van der Waals surface area contributed by atoms with Crippen LogP contribution in [0.5, 0.6) is 17.2 Å². The topological polar surface area (TPSA) is 62.6 Å². The van der Waals surface area contributed by atoms with Crippen molar-refractivity contribution >= 4 is 5.78 Å². The number of aromatic nitrogens is 2. The summed E-state index contributed by atoms with van der Waals surface area (Å²) in [5.74, 6) is 1.45. The first-order chi connectivity index (χ1) is 13.5. The summed E-state index contributed by atoms with van der Waals surface area (Å²) in [6.45, 7) is 4.03. The zero-order chi connectivity index (χ0) is 20.3. The highest BCUT2D eigenvalue weighted by molar-refractivity contribution is 6.08. The zero-order valence-electron chi connectivity index (χ0n) is 16.7. The quantitative estimate of drug-likeness (QED) is 0.569. The SMILES string of the molecule is COc1cc(C(=O)c2nc(-c3ccccc3)cn2C(C)C)cc(OC)c1OC. The van der Waals surface area contributed by atoms with Crippen LogP contribution in [0.15, 0.2) is 48.7 Å². The van der Waals surface area contributed by atoms with Crippen molar-refractivity contribution in [1.82, 2.24) is 9.55 Å². The maximum atomic E-state index is 13.3. The Bertz CT molecular complexity index is 952. The lowest BCUT2D eigenvalue weighted by Crippen LogP contribution is -2.13. The maximum Gasteiger partial charge on any atom is 0.228 e. The molecule has 28 heavy (non-hydrogen) atoms. The summed E-state index contributed by atoms with van der Waals surface area (Å²) in [6.07, 6.45) is 1.91. The molecule has 0 aliphatic heterocycles. The van der Waals surface area contributed by atoms with Crippen molar-refractivity contribution in [1.29, 1.82) is 0 Å². The van der Waals surface area contributed by atoms with Crippen LogP contribution in [0.1, 0.15) is 36.1 Å². The molecular formula is C22H24N2O4. The zero-order valence-corrected chi connectivity index (χ0v) is 16.7. The molecule has 3 aromatic rings. The molecule has 0 aliphatic rings. The highest BCUT2D eigenvalue weighted by atomic mass is 16.5. The second-order valence-corrected chi connectivity index (χ2v) is 6.56. The van der Waals surface area contributed by atoms with Crippen molar-refractivity contribution in [2.45, 2.75) is 19.9 Å². The number of benzene rings is 2. The molecule has 6 nitrogen and oxygen atoms in total. The van der Waals surface area contributed by atoms with Gasteiger partial charge >= 0.3 is 0 Å². The van der Waals surface area contributed by atoms with Gasteiger partial charge in [-0.1, -0.05) is 30.3 Å². The lowest BCUT2D eigenvalue weighted by molar-refractivity contribution is 0.102. The van der Waals surface area contributed by atoms with Gasteiger partial charge in [-0.3, -0.25) is 4.79 Å². The minimum atomic E-state index is -0.213. The number of hydrogen-bond donors (Lipinski definition) is 0. The number of methoxy groups -OCH3 is 3. The highest BCUT2D eigenvalue weighted by Gasteiger charge is 2.23. The van der Waals surface area contributed by atoms with Crippen LogP contribution in [0.4, 0.5) is 0 Å². The number of imidazole rings is 1. The molecule has 0 unspecified atom stereocenters. The minimum absolute atomic E-state index is 0.0750. The van der Waals surface area contributed by atoms with Gasteiger partial charge in [0, 0.05) is 23.4 Å². The number of nitrogens with zero attached hydrogens (tertiary/aromatic N) is 2. The number of carbonyl (C=O) groups excluding carboxylic acids is 1. The van der Waals surface area contributed by atoms with E-state index in [1.807, 2.05) is 54.9 Å². The van der Waals surface area contributed by atoms with Crippen LogP contribution in [-0.4, -0.2) is 36.7 Å². The lowest BCUT2D eigenvalue weighted by Gasteiger charge is -2.14. The molecule has 0 aliphatic carbocycles. The van der Waals surface area contributed by atoms with Crippen molar-refractivity contribution in [3.05, 3.63) is 60.0 Å². The molecular weight excluding hydrogens is 356 g/mol. The average molecular weight is 380 g/mol. The van der Waals surface area contributed by atoms with E-state index in [-0.39, 0.29) is 11.8 Å². The van der Waals surface area contributed by atoms with E-state index in [4.69, 9.17) is 14.2 Å². The normalized spacial score (nSPS) is 10.8. The van der Waals surface area contributed by atoms with Gasteiger partial charge in [0.15, 0.2) is 17.3 Å². The summed E-state index contributed by atoms with van der Waals surface area (Å²) >= 11 is 0. The first-order valence-electron chi connectivity index (χ1n) is 8.99. The summed E-state index contributed by atoms with van der Waals surface area (Å²) in [4.78, 5) is 17.9. The number of hydrogen-bond acceptors (Lipinski definition) is 5. The maximum absolute atomic E-state index is 13.3. The van der Waals surface area contributed by atoms with Gasteiger partial charge in [-0.05, 0) is 26.0 Å². The summed E-state index contributed by atoms with van der Waals surface area (Å²) in [5.41, 5.74) is 2.13. The summed E-state index contributed by atoms with van der Waals surface area (Å²) in [6, 6.07) is 13.2. The minimum Gasteiger partial charge on any atom is -0.493 e. The molecule has 2 aromatic carbocycles. The van der Waals surface area contributed by atoms with Crippen LogP contribution in [0, 0.1) is 0 Å². The van der Waals surface area contributed by atoms with Gasteiger partial charge in [0.2, 0.25) is 11.5 Å². The molecule has 6 heteroatoms. The predicted octanol–water partition coefficient (Wildman–Crippen LogP) is 4.39. The second-order valence-electron chi connectivity index (χ2n) is 6.56. The van der Waals surface area contributed by atoms with Gasteiger partial charge in [0.25, 0.3) is 0 Å². The fraction of sp³-hybridized carbons (Fsp3) is 0.273. The number of ketones is 1.